The minimum absolute atomic E-state index is 0. The topological polar surface area (TPSA) is 66.0 Å². The molecule has 1 aliphatic heterocycles. The third-order valence-corrected chi connectivity index (χ3v) is 4.19. The molecule has 2 N–H and O–H groups in total. The van der Waals surface area contributed by atoms with Crippen LogP contribution < -0.4 is 10.6 Å². The van der Waals surface area contributed by atoms with Gasteiger partial charge in [-0.3, -0.25) is 4.79 Å². The lowest BCUT2D eigenvalue weighted by Gasteiger charge is -2.24. The molecule has 0 bridgehead atoms. The van der Waals surface area contributed by atoms with E-state index < -0.39 is 0 Å². The molecule has 146 valence electrons. The number of ether oxygens (including phenoxy) is 1. The largest absolute Gasteiger partial charge is 0.381 e. The molecule has 0 aliphatic carbocycles. The second kappa shape index (κ2) is 12.1. The van der Waals surface area contributed by atoms with Gasteiger partial charge >= 0.3 is 0 Å². The van der Waals surface area contributed by atoms with E-state index >= 15 is 0 Å². The molecule has 1 unspecified atom stereocenters. The Morgan fingerprint density at radius 1 is 1.31 bits per heavy atom. The zero-order valence-corrected chi connectivity index (χ0v) is 18.3. The Bertz CT molecular complexity index is 589. The summed E-state index contributed by atoms with van der Waals surface area (Å²) < 4.78 is 5.46. The molecular formula is C19H31IN4O2. The second-order valence-corrected chi connectivity index (χ2v) is 6.34. The first-order chi connectivity index (χ1) is 12.1. The van der Waals surface area contributed by atoms with Gasteiger partial charge in [0.25, 0.3) is 5.91 Å². The lowest BCUT2D eigenvalue weighted by Crippen LogP contribution is -2.41. The van der Waals surface area contributed by atoms with Crippen molar-refractivity contribution in [1.82, 2.24) is 15.5 Å². The molecule has 1 heterocycles. The third kappa shape index (κ3) is 7.11. The van der Waals surface area contributed by atoms with Crippen LogP contribution in [0.2, 0.25) is 0 Å². The van der Waals surface area contributed by atoms with Crippen LogP contribution in [0.15, 0.2) is 29.3 Å². The Morgan fingerprint density at radius 3 is 2.73 bits per heavy atom. The van der Waals surface area contributed by atoms with E-state index in [-0.39, 0.29) is 29.9 Å². The molecule has 6 nitrogen and oxygen atoms in total. The summed E-state index contributed by atoms with van der Waals surface area (Å²) in [5, 5.41) is 6.17. The predicted molar refractivity (Wildman–Crippen MR) is 116 cm³/mol. The van der Waals surface area contributed by atoms with Gasteiger partial charge in [0, 0.05) is 44.8 Å². The average Bonchev–Trinajstić information content (AvgIpc) is 3.12. The third-order valence-electron chi connectivity index (χ3n) is 4.19. The summed E-state index contributed by atoms with van der Waals surface area (Å²) in [5.41, 5.74) is 1.70. The van der Waals surface area contributed by atoms with Crippen molar-refractivity contribution in [3.63, 3.8) is 0 Å². The Kier molecular flexibility index (Phi) is 10.6. The summed E-state index contributed by atoms with van der Waals surface area (Å²) in [5.74, 6) is 1.41. The van der Waals surface area contributed by atoms with Gasteiger partial charge in [-0.2, -0.15) is 0 Å². The molecule has 1 aromatic rings. The first-order valence-corrected chi connectivity index (χ1v) is 9.08. The highest BCUT2D eigenvalue weighted by Gasteiger charge is 2.19. The van der Waals surface area contributed by atoms with E-state index in [1.807, 2.05) is 31.2 Å². The maximum absolute atomic E-state index is 12.0. The summed E-state index contributed by atoms with van der Waals surface area (Å²) in [7, 11) is 2.06. The first kappa shape index (κ1) is 22.7. The molecule has 1 fully saturated rings. The molecule has 2 rings (SSSR count). The van der Waals surface area contributed by atoms with Gasteiger partial charge in [-0.05, 0) is 38.0 Å². The summed E-state index contributed by atoms with van der Waals surface area (Å²) in [4.78, 5) is 18.9. The molecular weight excluding hydrogens is 443 g/mol. The zero-order chi connectivity index (χ0) is 18.1. The van der Waals surface area contributed by atoms with Crippen LogP contribution >= 0.6 is 24.0 Å². The Labute approximate surface area is 173 Å². The molecule has 7 heteroatoms. The summed E-state index contributed by atoms with van der Waals surface area (Å²) in [6.45, 7) is 8.60. The average molecular weight is 474 g/mol. The number of hydrogen-bond donors (Lipinski definition) is 2. The van der Waals surface area contributed by atoms with Gasteiger partial charge in [-0.1, -0.05) is 12.1 Å². The quantitative estimate of drug-likeness (QED) is 0.362. The van der Waals surface area contributed by atoms with E-state index in [0.717, 1.165) is 44.2 Å². The highest BCUT2D eigenvalue weighted by atomic mass is 127. The summed E-state index contributed by atoms with van der Waals surface area (Å²) in [6.07, 6.45) is 1.11. The maximum Gasteiger partial charge on any atom is 0.251 e. The van der Waals surface area contributed by atoms with Gasteiger partial charge < -0.3 is 20.3 Å². The Balaban J connectivity index is 0.00000338. The van der Waals surface area contributed by atoms with Crippen molar-refractivity contribution in [1.29, 1.82) is 0 Å². The molecule has 1 aliphatic rings. The summed E-state index contributed by atoms with van der Waals surface area (Å²) in [6, 6.07) is 7.64. The predicted octanol–water partition coefficient (Wildman–Crippen LogP) is 2.49. The van der Waals surface area contributed by atoms with Crippen molar-refractivity contribution in [3.05, 3.63) is 35.4 Å². The number of hydrogen-bond acceptors (Lipinski definition) is 3. The number of guanidine groups is 1. The van der Waals surface area contributed by atoms with Crippen molar-refractivity contribution in [2.45, 2.75) is 26.8 Å². The molecule has 0 spiro atoms. The van der Waals surface area contributed by atoms with Crippen LogP contribution in [-0.4, -0.2) is 56.7 Å². The van der Waals surface area contributed by atoms with Crippen molar-refractivity contribution >= 4 is 35.8 Å². The van der Waals surface area contributed by atoms with E-state index in [2.05, 4.69) is 29.5 Å². The fourth-order valence-corrected chi connectivity index (χ4v) is 2.91. The molecule has 1 saturated heterocycles. The molecule has 26 heavy (non-hydrogen) atoms. The number of carbonyl (C=O) groups is 1. The molecule has 0 aromatic heterocycles. The number of halogens is 1. The van der Waals surface area contributed by atoms with Gasteiger partial charge in [-0.15, -0.1) is 24.0 Å². The number of amides is 1. The highest BCUT2D eigenvalue weighted by molar-refractivity contribution is 14.0. The highest BCUT2D eigenvalue weighted by Crippen LogP contribution is 2.13. The smallest absolute Gasteiger partial charge is 0.251 e. The van der Waals surface area contributed by atoms with Gasteiger partial charge in [0.05, 0.1) is 13.2 Å². The fraction of sp³-hybridized carbons (Fsp3) is 0.579. The normalized spacial score (nSPS) is 16.7. The van der Waals surface area contributed by atoms with Gasteiger partial charge in [0.1, 0.15) is 0 Å². The van der Waals surface area contributed by atoms with Gasteiger partial charge in [0.15, 0.2) is 5.96 Å². The molecule has 1 aromatic carbocycles. The monoisotopic (exact) mass is 474 g/mol. The van der Waals surface area contributed by atoms with Crippen molar-refractivity contribution < 1.29 is 9.53 Å². The van der Waals surface area contributed by atoms with Gasteiger partial charge in [0.2, 0.25) is 0 Å². The van der Waals surface area contributed by atoms with Crippen LogP contribution in [0.5, 0.6) is 0 Å². The maximum atomic E-state index is 12.0. The molecule has 1 atom stereocenters. The number of nitrogens with one attached hydrogen (secondary N) is 2. The Morgan fingerprint density at radius 2 is 2.08 bits per heavy atom. The number of rotatable bonds is 7. The van der Waals surface area contributed by atoms with Crippen molar-refractivity contribution in [3.8, 4) is 0 Å². The summed E-state index contributed by atoms with van der Waals surface area (Å²) >= 11 is 0. The van der Waals surface area contributed by atoms with Crippen LogP contribution in [0.25, 0.3) is 0 Å². The molecule has 1 amide bonds. The minimum atomic E-state index is -0.0430. The van der Waals surface area contributed by atoms with Crippen LogP contribution in [0.3, 0.4) is 0 Å². The zero-order valence-electron chi connectivity index (χ0n) is 16.0. The number of carbonyl (C=O) groups excluding carboxylic acids is 1. The van der Waals surface area contributed by atoms with Crippen LogP contribution in [0, 0.1) is 5.92 Å². The van der Waals surface area contributed by atoms with E-state index in [1.54, 1.807) is 0 Å². The van der Waals surface area contributed by atoms with E-state index in [1.165, 1.54) is 0 Å². The van der Waals surface area contributed by atoms with Crippen molar-refractivity contribution in [2.24, 2.45) is 10.9 Å². The van der Waals surface area contributed by atoms with Crippen LogP contribution in [-0.2, 0) is 11.3 Å². The van der Waals surface area contributed by atoms with E-state index in [4.69, 9.17) is 9.73 Å². The lowest BCUT2D eigenvalue weighted by molar-refractivity contribution is 0.0955. The molecule has 0 saturated carbocycles. The Hall–Kier alpha value is -1.35. The standard InChI is InChI=1S/C19H30N4O2.HI/c1-4-20-18(24)17-8-6-7-15(11-17)12-22-19(21-5-2)23(3)13-16-9-10-25-14-16;/h6-8,11,16H,4-5,9-10,12-14H2,1-3H3,(H,20,24)(H,21,22);1H. The van der Waals surface area contributed by atoms with Crippen molar-refractivity contribution in [2.75, 3.05) is 39.9 Å². The first-order valence-electron chi connectivity index (χ1n) is 9.08. The van der Waals surface area contributed by atoms with E-state index in [0.29, 0.717) is 24.6 Å². The van der Waals surface area contributed by atoms with E-state index in [9.17, 15) is 4.79 Å². The lowest BCUT2D eigenvalue weighted by atomic mass is 10.1. The fourth-order valence-electron chi connectivity index (χ4n) is 2.91. The number of aliphatic imine (C=N–C) groups is 1. The van der Waals surface area contributed by atoms with Crippen LogP contribution in [0.4, 0.5) is 0 Å². The second-order valence-electron chi connectivity index (χ2n) is 6.34. The number of benzene rings is 1. The molecule has 0 radical (unpaired) electrons. The van der Waals surface area contributed by atoms with Crippen LogP contribution in [0.1, 0.15) is 36.2 Å². The van der Waals surface area contributed by atoms with Gasteiger partial charge in [-0.25, -0.2) is 4.99 Å². The SMILES string of the molecule is CCNC(=O)c1cccc(CN=C(NCC)N(C)CC2CCOC2)c1.I. The number of nitrogens with zero attached hydrogens (tertiary/aromatic N) is 2. The minimum Gasteiger partial charge on any atom is -0.381 e.